The Balaban J connectivity index is 2.06. The number of amides is 2. The number of hydrogen-bond acceptors (Lipinski definition) is 2. The third kappa shape index (κ3) is 1.80. The van der Waals surface area contributed by atoms with Crippen LogP contribution in [0, 0.1) is 24.7 Å². The lowest BCUT2D eigenvalue weighted by Gasteiger charge is -2.22. The molecule has 1 aliphatic heterocycles. The molecular formula is C16H16ClNO2. The summed E-state index contributed by atoms with van der Waals surface area (Å²) in [5.74, 6) is -0.537. The van der Waals surface area contributed by atoms with Gasteiger partial charge in [-0.15, -0.1) is 0 Å². The number of anilines is 1. The van der Waals surface area contributed by atoms with Crippen molar-refractivity contribution in [2.24, 2.45) is 17.8 Å². The van der Waals surface area contributed by atoms with E-state index in [1.165, 1.54) is 4.90 Å². The van der Waals surface area contributed by atoms with Crippen LogP contribution < -0.4 is 4.90 Å². The number of imide groups is 1. The lowest BCUT2D eigenvalue weighted by atomic mass is 9.78. The van der Waals surface area contributed by atoms with E-state index in [-0.39, 0.29) is 29.6 Å². The Morgan fingerprint density at radius 3 is 2.70 bits per heavy atom. The zero-order valence-electron chi connectivity index (χ0n) is 11.5. The number of allylic oxidation sites excluding steroid dienone is 2. The minimum atomic E-state index is -0.231. The van der Waals surface area contributed by atoms with Crippen LogP contribution in [0.4, 0.5) is 5.69 Å². The van der Waals surface area contributed by atoms with Gasteiger partial charge in [0, 0.05) is 5.02 Å². The second kappa shape index (κ2) is 4.74. The standard InChI is InChI=1S/C16H16ClNO2/c1-9-5-3-6-11-14(9)16(20)18(15(11)19)13-8-4-7-12(17)10(13)2/h3-5,7-9,11,14H,6H2,1-2H3. The highest BCUT2D eigenvalue weighted by atomic mass is 35.5. The Hall–Kier alpha value is -1.61. The third-order valence-corrected chi connectivity index (χ3v) is 4.76. The van der Waals surface area contributed by atoms with Crippen LogP contribution in [0.15, 0.2) is 30.4 Å². The van der Waals surface area contributed by atoms with Crippen LogP contribution in [-0.2, 0) is 9.59 Å². The van der Waals surface area contributed by atoms with Gasteiger partial charge in [-0.1, -0.05) is 36.7 Å². The van der Waals surface area contributed by atoms with E-state index in [9.17, 15) is 9.59 Å². The van der Waals surface area contributed by atoms with Gasteiger partial charge >= 0.3 is 0 Å². The van der Waals surface area contributed by atoms with Crippen LogP contribution in [0.25, 0.3) is 0 Å². The fraction of sp³-hybridized carbons (Fsp3) is 0.375. The smallest absolute Gasteiger partial charge is 0.238 e. The summed E-state index contributed by atoms with van der Waals surface area (Å²) in [6.45, 7) is 3.83. The first-order valence-electron chi connectivity index (χ1n) is 6.82. The van der Waals surface area contributed by atoms with Crippen molar-refractivity contribution in [1.82, 2.24) is 0 Å². The van der Waals surface area contributed by atoms with Gasteiger partial charge in [-0.2, -0.15) is 0 Å². The lowest BCUT2D eigenvalue weighted by molar-refractivity contribution is -0.122. The molecule has 104 valence electrons. The molecule has 3 nitrogen and oxygen atoms in total. The highest BCUT2D eigenvalue weighted by Gasteiger charge is 2.50. The second-order valence-electron chi connectivity index (χ2n) is 5.55. The molecule has 3 unspecified atom stereocenters. The highest BCUT2D eigenvalue weighted by Crippen LogP contribution is 2.41. The zero-order chi connectivity index (χ0) is 14.4. The first-order chi connectivity index (χ1) is 9.52. The summed E-state index contributed by atoms with van der Waals surface area (Å²) in [5, 5.41) is 0.573. The maximum Gasteiger partial charge on any atom is 0.238 e. The molecule has 3 rings (SSSR count). The van der Waals surface area contributed by atoms with Gasteiger partial charge in [-0.3, -0.25) is 9.59 Å². The van der Waals surface area contributed by atoms with E-state index >= 15 is 0 Å². The molecular weight excluding hydrogens is 274 g/mol. The minimum absolute atomic E-state index is 0.0952. The maximum absolute atomic E-state index is 12.7. The Morgan fingerprint density at radius 1 is 1.25 bits per heavy atom. The molecule has 0 aromatic heterocycles. The van der Waals surface area contributed by atoms with Gasteiger partial charge in [-0.25, -0.2) is 4.90 Å². The van der Waals surface area contributed by atoms with Crippen molar-refractivity contribution in [3.63, 3.8) is 0 Å². The van der Waals surface area contributed by atoms with Crippen molar-refractivity contribution in [1.29, 1.82) is 0 Å². The zero-order valence-corrected chi connectivity index (χ0v) is 12.2. The average molecular weight is 290 g/mol. The van der Waals surface area contributed by atoms with E-state index in [0.717, 1.165) is 5.56 Å². The fourth-order valence-electron chi connectivity index (χ4n) is 3.22. The summed E-state index contributed by atoms with van der Waals surface area (Å²) in [4.78, 5) is 26.6. The lowest BCUT2D eigenvalue weighted by Crippen LogP contribution is -2.32. The third-order valence-electron chi connectivity index (χ3n) is 4.35. The van der Waals surface area contributed by atoms with Gasteiger partial charge in [0.2, 0.25) is 11.8 Å². The van der Waals surface area contributed by atoms with Gasteiger partial charge in [0.05, 0.1) is 17.5 Å². The number of hydrogen-bond donors (Lipinski definition) is 0. The van der Waals surface area contributed by atoms with Crippen molar-refractivity contribution in [3.8, 4) is 0 Å². The Labute approximate surface area is 123 Å². The number of fused-ring (bicyclic) bond motifs is 1. The summed E-state index contributed by atoms with van der Waals surface area (Å²) in [7, 11) is 0. The SMILES string of the molecule is Cc1c(Cl)cccc1N1C(=O)C2CC=CC(C)C2C1=O. The number of carbonyl (C=O) groups is 2. The first kappa shape index (κ1) is 13.4. The molecule has 4 heteroatoms. The predicted octanol–water partition coefficient (Wildman–Crippen LogP) is 3.35. The first-order valence-corrected chi connectivity index (χ1v) is 7.19. The number of nitrogens with zero attached hydrogens (tertiary/aromatic N) is 1. The summed E-state index contributed by atoms with van der Waals surface area (Å²) in [6.07, 6.45) is 4.68. The van der Waals surface area contributed by atoms with Gasteiger partial charge in [0.1, 0.15) is 0 Å². The van der Waals surface area contributed by atoms with Crippen molar-refractivity contribution in [2.45, 2.75) is 20.3 Å². The largest absolute Gasteiger partial charge is 0.274 e. The Bertz CT molecular complexity index is 623. The van der Waals surface area contributed by atoms with E-state index in [2.05, 4.69) is 0 Å². The van der Waals surface area contributed by atoms with E-state index in [0.29, 0.717) is 17.1 Å². The van der Waals surface area contributed by atoms with Crippen LogP contribution in [0.2, 0.25) is 5.02 Å². The molecule has 1 saturated heterocycles. The quantitative estimate of drug-likeness (QED) is 0.587. The number of halogens is 1. The molecule has 2 amide bonds. The summed E-state index contributed by atoms with van der Waals surface area (Å²) < 4.78 is 0. The van der Waals surface area contributed by atoms with E-state index < -0.39 is 0 Å². The highest BCUT2D eigenvalue weighted by molar-refractivity contribution is 6.32. The van der Waals surface area contributed by atoms with Crippen molar-refractivity contribution >= 4 is 29.1 Å². The fourth-order valence-corrected chi connectivity index (χ4v) is 3.39. The van der Waals surface area contributed by atoms with Crippen LogP contribution in [0.1, 0.15) is 18.9 Å². The molecule has 3 atom stereocenters. The molecule has 1 aromatic rings. The molecule has 0 bridgehead atoms. The van der Waals surface area contributed by atoms with E-state index in [4.69, 9.17) is 11.6 Å². The summed E-state index contributed by atoms with van der Waals surface area (Å²) in [6, 6.07) is 5.32. The van der Waals surface area contributed by atoms with Gasteiger partial charge < -0.3 is 0 Å². The van der Waals surface area contributed by atoms with Crippen LogP contribution in [-0.4, -0.2) is 11.8 Å². The molecule has 2 aliphatic rings. The molecule has 1 heterocycles. The molecule has 1 aliphatic carbocycles. The monoisotopic (exact) mass is 289 g/mol. The molecule has 20 heavy (non-hydrogen) atoms. The predicted molar refractivity (Wildman–Crippen MR) is 78.6 cm³/mol. The molecule has 1 aromatic carbocycles. The van der Waals surface area contributed by atoms with Gasteiger partial charge in [0.25, 0.3) is 0 Å². The molecule has 0 radical (unpaired) electrons. The number of rotatable bonds is 1. The summed E-state index contributed by atoms with van der Waals surface area (Å²) in [5.41, 5.74) is 1.39. The van der Waals surface area contributed by atoms with Crippen LogP contribution in [0.3, 0.4) is 0 Å². The number of carbonyl (C=O) groups excluding carboxylic acids is 2. The van der Waals surface area contributed by atoms with Crippen LogP contribution >= 0.6 is 11.6 Å². The van der Waals surface area contributed by atoms with Crippen molar-refractivity contribution < 1.29 is 9.59 Å². The average Bonchev–Trinajstić information content (AvgIpc) is 2.67. The van der Waals surface area contributed by atoms with Crippen molar-refractivity contribution in [2.75, 3.05) is 4.90 Å². The van der Waals surface area contributed by atoms with E-state index in [1.54, 1.807) is 18.2 Å². The molecule has 1 fully saturated rings. The Morgan fingerprint density at radius 2 is 2.00 bits per heavy atom. The van der Waals surface area contributed by atoms with Gasteiger partial charge in [-0.05, 0) is 37.0 Å². The molecule has 0 saturated carbocycles. The van der Waals surface area contributed by atoms with Crippen LogP contribution in [0.5, 0.6) is 0 Å². The minimum Gasteiger partial charge on any atom is -0.274 e. The topological polar surface area (TPSA) is 37.4 Å². The number of benzene rings is 1. The molecule has 0 spiro atoms. The normalized spacial score (nSPS) is 28.9. The maximum atomic E-state index is 12.7. The summed E-state index contributed by atoms with van der Waals surface area (Å²) >= 11 is 6.11. The van der Waals surface area contributed by atoms with E-state index in [1.807, 2.05) is 26.0 Å². The Kier molecular flexibility index (Phi) is 3.17. The second-order valence-corrected chi connectivity index (χ2v) is 5.96. The van der Waals surface area contributed by atoms with Gasteiger partial charge in [0.15, 0.2) is 0 Å². The van der Waals surface area contributed by atoms with Crippen molar-refractivity contribution in [3.05, 3.63) is 40.9 Å². The molecule has 0 N–H and O–H groups in total.